The van der Waals surface area contributed by atoms with Crippen molar-refractivity contribution in [2.24, 2.45) is 5.92 Å². The molecule has 3 rings (SSSR count). The zero-order valence-corrected chi connectivity index (χ0v) is 6.45. The van der Waals surface area contributed by atoms with E-state index in [9.17, 15) is 5.11 Å². The van der Waals surface area contributed by atoms with Gasteiger partial charge in [-0.15, -0.1) is 0 Å². The Morgan fingerprint density at radius 1 is 1.40 bits per heavy atom. The molecular weight excluding hydrogens is 126 g/mol. The molecule has 2 heteroatoms. The van der Waals surface area contributed by atoms with E-state index in [0.717, 1.165) is 13.0 Å². The van der Waals surface area contributed by atoms with Crippen LogP contribution in [0.2, 0.25) is 0 Å². The second-order valence-corrected chi connectivity index (χ2v) is 3.73. The van der Waals surface area contributed by atoms with Crippen LogP contribution >= 0.6 is 0 Å². The molecule has 2 bridgehead atoms. The van der Waals surface area contributed by atoms with Crippen LogP contribution in [0.3, 0.4) is 0 Å². The zero-order chi connectivity index (χ0) is 7.14. The zero-order valence-electron chi connectivity index (χ0n) is 6.45. The van der Waals surface area contributed by atoms with Gasteiger partial charge in [0.15, 0.2) is 0 Å². The number of fused-ring (bicyclic) bond motifs is 3. The summed E-state index contributed by atoms with van der Waals surface area (Å²) >= 11 is 0. The Hall–Kier alpha value is -0.0800. The van der Waals surface area contributed by atoms with Crippen LogP contribution in [-0.4, -0.2) is 35.7 Å². The highest BCUT2D eigenvalue weighted by Gasteiger charge is 2.37. The predicted octanol–water partition coefficient (Wildman–Crippen LogP) is 0.461. The van der Waals surface area contributed by atoms with E-state index in [4.69, 9.17) is 0 Å². The number of piperidine rings is 2. The smallest absolute Gasteiger partial charge is 0.0595 e. The molecule has 2 heterocycles. The highest BCUT2D eigenvalue weighted by Crippen LogP contribution is 2.33. The SMILES string of the molecule is CN1C[C@H]2CC[C@@H]1C[C@H]2O. The van der Waals surface area contributed by atoms with Crippen molar-refractivity contribution in [3.05, 3.63) is 0 Å². The van der Waals surface area contributed by atoms with Gasteiger partial charge in [0.1, 0.15) is 0 Å². The molecule has 0 unspecified atom stereocenters. The van der Waals surface area contributed by atoms with E-state index in [-0.39, 0.29) is 6.10 Å². The number of aliphatic hydroxyl groups excluding tert-OH is 1. The molecule has 0 spiro atoms. The molecule has 1 N–H and O–H groups in total. The van der Waals surface area contributed by atoms with E-state index < -0.39 is 0 Å². The van der Waals surface area contributed by atoms with Crippen molar-refractivity contribution in [3.63, 3.8) is 0 Å². The highest BCUT2D eigenvalue weighted by atomic mass is 16.3. The average molecular weight is 141 g/mol. The first-order chi connectivity index (χ1) is 4.77. The van der Waals surface area contributed by atoms with Gasteiger partial charge in [-0.2, -0.15) is 0 Å². The van der Waals surface area contributed by atoms with Gasteiger partial charge in [-0.05, 0) is 32.2 Å². The monoisotopic (exact) mass is 141 g/mol. The van der Waals surface area contributed by atoms with E-state index >= 15 is 0 Å². The third kappa shape index (κ3) is 0.867. The number of nitrogens with zero attached hydrogens (tertiary/aromatic N) is 1. The number of aliphatic hydroxyl groups is 1. The Balaban J connectivity index is 2.09. The van der Waals surface area contributed by atoms with Gasteiger partial charge < -0.3 is 10.0 Å². The summed E-state index contributed by atoms with van der Waals surface area (Å²) in [5.41, 5.74) is 0. The van der Waals surface area contributed by atoms with E-state index in [1.807, 2.05) is 0 Å². The van der Waals surface area contributed by atoms with E-state index in [0.29, 0.717) is 12.0 Å². The van der Waals surface area contributed by atoms with Crippen LogP contribution in [0.25, 0.3) is 0 Å². The van der Waals surface area contributed by atoms with E-state index in [1.165, 1.54) is 12.8 Å². The lowest BCUT2D eigenvalue weighted by Gasteiger charge is -2.46. The van der Waals surface area contributed by atoms with Gasteiger partial charge in [0.25, 0.3) is 0 Å². The molecule has 2 aliphatic heterocycles. The molecule has 0 amide bonds. The molecule has 1 saturated carbocycles. The van der Waals surface area contributed by atoms with Gasteiger partial charge in [-0.25, -0.2) is 0 Å². The maximum absolute atomic E-state index is 9.49. The topological polar surface area (TPSA) is 23.5 Å². The van der Waals surface area contributed by atoms with Gasteiger partial charge in [0.2, 0.25) is 0 Å². The number of hydrogen-bond donors (Lipinski definition) is 1. The number of hydrogen-bond acceptors (Lipinski definition) is 2. The summed E-state index contributed by atoms with van der Waals surface area (Å²) < 4.78 is 0. The Labute approximate surface area is 61.8 Å². The predicted molar refractivity (Wildman–Crippen MR) is 39.8 cm³/mol. The Kier molecular flexibility index (Phi) is 1.46. The fourth-order valence-electron chi connectivity index (χ4n) is 2.32. The summed E-state index contributed by atoms with van der Waals surface area (Å²) in [6.45, 7) is 1.12. The molecule has 0 aromatic rings. The molecule has 1 aliphatic carbocycles. The van der Waals surface area contributed by atoms with Crippen molar-refractivity contribution in [1.29, 1.82) is 0 Å². The second kappa shape index (κ2) is 2.21. The molecule has 10 heavy (non-hydrogen) atoms. The summed E-state index contributed by atoms with van der Waals surface area (Å²) in [6.07, 6.45) is 3.57. The van der Waals surface area contributed by atoms with E-state index in [1.54, 1.807) is 0 Å². The summed E-state index contributed by atoms with van der Waals surface area (Å²) in [5.74, 6) is 0.579. The van der Waals surface area contributed by atoms with Crippen molar-refractivity contribution in [2.45, 2.75) is 31.4 Å². The van der Waals surface area contributed by atoms with Crippen molar-refractivity contribution < 1.29 is 5.11 Å². The quantitative estimate of drug-likeness (QED) is 0.530. The third-order valence-electron chi connectivity index (χ3n) is 3.07. The first-order valence-corrected chi connectivity index (χ1v) is 4.15. The minimum Gasteiger partial charge on any atom is -0.393 e. The molecule has 3 aliphatic rings. The summed E-state index contributed by atoms with van der Waals surface area (Å²) in [7, 11) is 2.17. The van der Waals surface area contributed by atoms with Crippen molar-refractivity contribution in [2.75, 3.05) is 13.6 Å². The minimum atomic E-state index is 0.00921. The van der Waals surface area contributed by atoms with Crippen molar-refractivity contribution in [3.8, 4) is 0 Å². The van der Waals surface area contributed by atoms with Gasteiger partial charge in [0, 0.05) is 12.6 Å². The maximum atomic E-state index is 9.49. The molecule has 2 nitrogen and oxygen atoms in total. The molecule has 58 valence electrons. The van der Waals surface area contributed by atoms with Gasteiger partial charge in [-0.1, -0.05) is 0 Å². The second-order valence-electron chi connectivity index (χ2n) is 3.73. The van der Waals surface area contributed by atoms with Crippen LogP contribution in [0.4, 0.5) is 0 Å². The van der Waals surface area contributed by atoms with Gasteiger partial charge >= 0.3 is 0 Å². The third-order valence-corrected chi connectivity index (χ3v) is 3.07. The molecule has 3 fully saturated rings. The Morgan fingerprint density at radius 3 is 2.50 bits per heavy atom. The molecule has 0 radical (unpaired) electrons. The van der Waals surface area contributed by atoms with Crippen molar-refractivity contribution in [1.82, 2.24) is 4.90 Å². The lowest BCUT2D eigenvalue weighted by atomic mass is 9.78. The number of rotatable bonds is 0. The maximum Gasteiger partial charge on any atom is 0.0595 e. The lowest BCUT2D eigenvalue weighted by Crippen LogP contribution is -2.52. The summed E-state index contributed by atoms with van der Waals surface area (Å²) in [4.78, 5) is 2.39. The molecule has 3 atom stereocenters. The standard InChI is InChI=1S/C8H15NO/c1-9-5-6-2-3-7(9)4-8(6)10/h6-8,10H,2-5H2,1H3/t6-,7-,8-/m1/s1. The average Bonchev–Trinajstić information content (AvgIpc) is 1.91. The largest absolute Gasteiger partial charge is 0.393 e. The van der Waals surface area contributed by atoms with E-state index in [2.05, 4.69) is 11.9 Å². The fraction of sp³-hybridized carbons (Fsp3) is 1.00. The molecule has 2 saturated heterocycles. The van der Waals surface area contributed by atoms with Crippen LogP contribution in [-0.2, 0) is 0 Å². The first kappa shape index (κ1) is 6.62. The Morgan fingerprint density at radius 2 is 2.20 bits per heavy atom. The molecule has 0 aromatic carbocycles. The first-order valence-electron chi connectivity index (χ1n) is 4.15. The van der Waals surface area contributed by atoms with Crippen LogP contribution < -0.4 is 0 Å². The lowest BCUT2D eigenvalue weighted by molar-refractivity contribution is -0.0379. The van der Waals surface area contributed by atoms with Crippen molar-refractivity contribution >= 4 is 0 Å². The van der Waals surface area contributed by atoms with Crippen LogP contribution in [0.1, 0.15) is 19.3 Å². The Bertz CT molecular complexity index is 121. The van der Waals surface area contributed by atoms with Crippen LogP contribution in [0.5, 0.6) is 0 Å². The minimum absolute atomic E-state index is 0.00921. The molecular formula is C8H15NO. The van der Waals surface area contributed by atoms with Gasteiger partial charge in [0.05, 0.1) is 6.10 Å². The van der Waals surface area contributed by atoms with Crippen LogP contribution in [0, 0.1) is 5.92 Å². The van der Waals surface area contributed by atoms with Gasteiger partial charge in [-0.3, -0.25) is 0 Å². The fourth-order valence-corrected chi connectivity index (χ4v) is 2.32. The summed E-state index contributed by atoms with van der Waals surface area (Å²) in [5, 5.41) is 9.49. The highest BCUT2D eigenvalue weighted by molar-refractivity contribution is 4.91. The summed E-state index contributed by atoms with van der Waals surface area (Å²) in [6, 6.07) is 0.681. The molecule has 0 aromatic heterocycles. The normalized spacial score (nSPS) is 48.0. The van der Waals surface area contributed by atoms with Crippen LogP contribution in [0.15, 0.2) is 0 Å².